The van der Waals surface area contributed by atoms with Gasteiger partial charge in [-0.3, -0.25) is 4.79 Å². The molecule has 0 radical (unpaired) electrons. The lowest BCUT2D eigenvalue weighted by Gasteiger charge is -2.42. The number of halogens is 1. The Balaban J connectivity index is 1.41. The van der Waals surface area contributed by atoms with Crippen LogP contribution in [-0.4, -0.2) is 132 Å². The SMILES string of the molecule is COc1cc(C)c(-c2cc(O[C@@H]3O[C@H](CO)[C@@H](O)[C@H](O[C@H]4O[C@H](CO)[C@@H](O)[C@@H]4O)[C@H]3O)c(Cl)c3cc4c(c(O)c23)C(=O)c2c(O)cc(O)cc2C4(C)C)c(O)c1. The molecule has 300 valence electrons. The van der Waals surface area contributed by atoms with Crippen molar-refractivity contribution in [3.63, 3.8) is 0 Å². The van der Waals surface area contributed by atoms with Crippen molar-refractivity contribution >= 4 is 28.2 Å². The van der Waals surface area contributed by atoms with E-state index in [1.54, 1.807) is 26.8 Å². The van der Waals surface area contributed by atoms with Crippen LogP contribution in [0.2, 0.25) is 5.02 Å². The molecule has 2 aliphatic heterocycles. The Bertz CT molecular complexity index is 2200. The number of phenols is 4. The smallest absolute Gasteiger partial charge is 0.229 e. The number of ketones is 1. The molecule has 2 heterocycles. The van der Waals surface area contributed by atoms with Crippen molar-refractivity contribution in [3.8, 4) is 45.6 Å². The average Bonchev–Trinajstić information content (AvgIpc) is 3.42. The van der Waals surface area contributed by atoms with E-state index in [0.717, 1.165) is 6.07 Å². The van der Waals surface area contributed by atoms with Gasteiger partial charge in [-0.1, -0.05) is 25.4 Å². The van der Waals surface area contributed by atoms with Crippen LogP contribution in [0.5, 0.6) is 34.5 Å². The van der Waals surface area contributed by atoms with Gasteiger partial charge in [-0.2, -0.15) is 0 Å². The van der Waals surface area contributed by atoms with Crippen molar-refractivity contribution in [1.29, 1.82) is 0 Å². The van der Waals surface area contributed by atoms with E-state index in [1.807, 2.05) is 0 Å². The predicted octanol–water partition coefficient (Wildman–Crippen LogP) is 1.81. The van der Waals surface area contributed by atoms with Gasteiger partial charge in [-0.25, -0.2) is 0 Å². The third-order valence-corrected chi connectivity index (χ3v) is 11.2. The highest BCUT2D eigenvalue weighted by atomic mass is 35.5. The molecule has 4 aromatic carbocycles. The van der Waals surface area contributed by atoms with Gasteiger partial charge in [0, 0.05) is 39.4 Å². The summed E-state index contributed by atoms with van der Waals surface area (Å²) >= 11 is 7.07. The van der Waals surface area contributed by atoms with Crippen molar-refractivity contribution in [3.05, 3.63) is 69.2 Å². The lowest BCUT2D eigenvalue weighted by atomic mass is 9.67. The topological polar surface area (TPSA) is 266 Å². The standard InChI is InChI=1S/C39H41ClO16/c1-13-5-15(52-4)8-21(45)25(13)16-10-22(53-38-35(51)36(31(47)24(12-42)55-38)56-37-34(50)30(46)23(11-41)54-37)29(40)17-9-19-28(32(48)26(16)17)33(49)27-18(39(19,2)3)6-14(43)7-20(27)44/h5-10,23-24,30-31,34-38,41-48,50-51H,11-12H2,1-4H3/t23-,24-,30-,31-,34+,35-,36+,37-,38-/m1/s1. The number of hydrogen-bond acceptors (Lipinski definition) is 16. The number of phenolic OH excluding ortho intramolecular Hbond substituents is 4. The first kappa shape index (κ1) is 39.8. The van der Waals surface area contributed by atoms with E-state index in [9.17, 15) is 55.9 Å². The Morgan fingerprint density at radius 3 is 2.02 bits per heavy atom. The summed E-state index contributed by atoms with van der Waals surface area (Å²) in [6, 6.07) is 8.17. The van der Waals surface area contributed by atoms with E-state index >= 15 is 0 Å². The van der Waals surface area contributed by atoms with Gasteiger partial charge in [0.2, 0.25) is 12.1 Å². The Hall–Kier alpha value is -4.46. The van der Waals surface area contributed by atoms with E-state index in [4.69, 9.17) is 35.3 Å². The van der Waals surface area contributed by atoms with Crippen molar-refractivity contribution in [2.75, 3.05) is 20.3 Å². The monoisotopic (exact) mass is 800 g/mol. The Kier molecular flexibility index (Phi) is 10.3. The van der Waals surface area contributed by atoms with Gasteiger partial charge in [0.1, 0.15) is 77.2 Å². The van der Waals surface area contributed by atoms with Crippen LogP contribution in [0.15, 0.2) is 36.4 Å². The van der Waals surface area contributed by atoms with Crippen LogP contribution in [-0.2, 0) is 19.6 Å². The normalized spacial score (nSPS) is 28.3. The maximum Gasteiger partial charge on any atom is 0.229 e. The van der Waals surface area contributed by atoms with Crippen molar-refractivity contribution in [2.24, 2.45) is 0 Å². The van der Waals surface area contributed by atoms with Crippen LogP contribution in [0.3, 0.4) is 0 Å². The van der Waals surface area contributed by atoms with Crippen LogP contribution in [0.1, 0.15) is 46.5 Å². The number of methoxy groups -OCH3 is 1. The molecule has 3 aliphatic rings. The number of aliphatic hydroxyl groups is 6. The molecule has 16 nitrogen and oxygen atoms in total. The second kappa shape index (κ2) is 14.5. The fourth-order valence-corrected chi connectivity index (χ4v) is 8.15. The Morgan fingerprint density at radius 2 is 1.39 bits per heavy atom. The second-order valence-electron chi connectivity index (χ2n) is 14.6. The van der Waals surface area contributed by atoms with Gasteiger partial charge in [0.05, 0.1) is 36.5 Å². The first-order valence-corrected chi connectivity index (χ1v) is 17.9. The fraction of sp³-hybridized carbons (Fsp3) is 0.410. The highest BCUT2D eigenvalue weighted by Crippen LogP contribution is 2.54. The van der Waals surface area contributed by atoms with Crippen molar-refractivity contribution in [1.82, 2.24) is 0 Å². The molecule has 7 rings (SSSR count). The molecular formula is C39H41ClO16. The molecule has 17 heteroatoms. The highest BCUT2D eigenvalue weighted by Gasteiger charge is 2.51. The van der Waals surface area contributed by atoms with Gasteiger partial charge in [0.15, 0.2) is 6.29 Å². The minimum absolute atomic E-state index is 0.00474. The number of aliphatic hydroxyl groups excluding tert-OH is 6. The molecule has 10 N–H and O–H groups in total. The number of aromatic hydroxyl groups is 4. The highest BCUT2D eigenvalue weighted by molar-refractivity contribution is 6.38. The number of fused-ring (bicyclic) bond motifs is 3. The number of carbonyl (C=O) groups is 1. The number of carbonyl (C=O) groups excluding carboxylic acids is 1. The largest absolute Gasteiger partial charge is 0.508 e. The summed E-state index contributed by atoms with van der Waals surface area (Å²) in [6.45, 7) is 3.62. The molecule has 0 unspecified atom stereocenters. The molecule has 0 bridgehead atoms. The fourth-order valence-electron chi connectivity index (χ4n) is 7.91. The van der Waals surface area contributed by atoms with Crippen molar-refractivity contribution in [2.45, 2.75) is 81.5 Å². The number of benzene rings is 4. The maximum atomic E-state index is 14.1. The molecule has 0 amide bonds. The summed E-state index contributed by atoms with van der Waals surface area (Å²) in [7, 11) is 1.41. The van der Waals surface area contributed by atoms with Gasteiger partial charge >= 0.3 is 0 Å². The summed E-state index contributed by atoms with van der Waals surface area (Å²) < 4.78 is 28.3. The zero-order valence-corrected chi connectivity index (χ0v) is 31.1. The summed E-state index contributed by atoms with van der Waals surface area (Å²) in [5.74, 6) is -2.28. The van der Waals surface area contributed by atoms with Crippen LogP contribution in [0.4, 0.5) is 0 Å². The third kappa shape index (κ3) is 6.17. The van der Waals surface area contributed by atoms with E-state index in [1.165, 1.54) is 31.4 Å². The van der Waals surface area contributed by atoms with Crippen LogP contribution >= 0.6 is 11.6 Å². The van der Waals surface area contributed by atoms with Crippen molar-refractivity contribution < 1.29 is 79.5 Å². The number of aryl methyl sites for hydroxylation is 1. The molecule has 0 spiro atoms. The predicted molar refractivity (Wildman–Crippen MR) is 195 cm³/mol. The molecule has 56 heavy (non-hydrogen) atoms. The van der Waals surface area contributed by atoms with E-state index in [2.05, 4.69) is 0 Å². The number of hydrogen-bond donors (Lipinski definition) is 10. The first-order valence-electron chi connectivity index (χ1n) is 17.5. The maximum absolute atomic E-state index is 14.1. The number of rotatable bonds is 8. The Labute approximate surface area is 323 Å². The summed E-state index contributed by atoms with van der Waals surface area (Å²) in [4.78, 5) is 14.1. The molecule has 2 fully saturated rings. The first-order chi connectivity index (χ1) is 26.4. The van der Waals surface area contributed by atoms with Crippen LogP contribution < -0.4 is 9.47 Å². The summed E-state index contributed by atoms with van der Waals surface area (Å²) in [5.41, 5.74) is -0.197. The molecule has 4 aromatic rings. The quantitative estimate of drug-likeness (QED) is 0.122. The van der Waals surface area contributed by atoms with E-state index < -0.39 is 91.2 Å². The van der Waals surface area contributed by atoms with Crippen LogP contribution in [0, 0.1) is 6.92 Å². The molecule has 1 aliphatic carbocycles. The minimum Gasteiger partial charge on any atom is -0.508 e. The lowest BCUT2D eigenvalue weighted by Crippen LogP contribution is -2.62. The van der Waals surface area contributed by atoms with E-state index in [-0.39, 0.29) is 66.4 Å². The van der Waals surface area contributed by atoms with E-state index in [0.29, 0.717) is 11.3 Å². The van der Waals surface area contributed by atoms with Gasteiger partial charge in [0.25, 0.3) is 0 Å². The second-order valence-corrected chi connectivity index (χ2v) is 15.0. The Morgan fingerprint density at radius 1 is 0.768 bits per heavy atom. The summed E-state index contributed by atoms with van der Waals surface area (Å²) in [6.07, 6.45) is -14.6. The molecular weight excluding hydrogens is 760 g/mol. The molecule has 0 saturated carbocycles. The van der Waals surface area contributed by atoms with Gasteiger partial charge in [-0.15, -0.1) is 0 Å². The zero-order chi connectivity index (χ0) is 40.7. The molecule has 9 atom stereocenters. The zero-order valence-electron chi connectivity index (χ0n) is 30.4. The lowest BCUT2D eigenvalue weighted by molar-refractivity contribution is -0.315. The van der Waals surface area contributed by atoms with Gasteiger partial charge in [-0.05, 0) is 47.9 Å². The minimum atomic E-state index is -1.88. The third-order valence-electron chi connectivity index (χ3n) is 10.8. The molecule has 0 aromatic heterocycles. The average molecular weight is 801 g/mol. The van der Waals surface area contributed by atoms with Crippen LogP contribution in [0.25, 0.3) is 21.9 Å². The molecule has 2 saturated heterocycles. The van der Waals surface area contributed by atoms with Gasteiger partial charge < -0.3 is 74.7 Å². The number of ether oxygens (including phenoxy) is 5. The summed E-state index contributed by atoms with van der Waals surface area (Å²) in [5, 5.41) is 107.